The molecule has 1 saturated heterocycles. The molecule has 6 nitrogen and oxygen atoms in total. The largest absolute Gasteiger partial charge is 0.346 e. The summed E-state index contributed by atoms with van der Waals surface area (Å²) in [5.41, 5.74) is 0.907. The summed E-state index contributed by atoms with van der Waals surface area (Å²) >= 11 is 0. The van der Waals surface area contributed by atoms with E-state index >= 15 is 0 Å². The Hall–Kier alpha value is -2.76. The van der Waals surface area contributed by atoms with Crippen molar-refractivity contribution in [3.8, 4) is 0 Å². The molecular weight excluding hydrogens is 374 g/mol. The van der Waals surface area contributed by atoms with Gasteiger partial charge in [-0.3, -0.25) is 9.36 Å². The number of para-hydroxylation sites is 1. The second-order valence-corrected chi connectivity index (χ2v) is 8.88. The fraction of sp³-hybridized carbons (Fsp3) is 0.500. The maximum Gasteiger partial charge on any atom is 0.261 e. The molecule has 2 fully saturated rings. The highest BCUT2D eigenvalue weighted by molar-refractivity contribution is 5.77. The first-order chi connectivity index (χ1) is 14.6. The van der Waals surface area contributed by atoms with Crippen molar-refractivity contribution in [1.29, 1.82) is 0 Å². The molecule has 156 valence electrons. The fourth-order valence-electron chi connectivity index (χ4n) is 5.02. The zero-order valence-electron chi connectivity index (χ0n) is 17.8. The van der Waals surface area contributed by atoms with Gasteiger partial charge in [0.15, 0.2) is 0 Å². The quantitative estimate of drug-likeness (QED) is 0.628. The standard InChI is InChI=1S/C24H29N5O/c1-16(2)22-25-14-13-21(27-22)28-15-7-12-20(28)23-26-19-11-6-5-10-18(19)24(30)29(23)17-8-3-4-9-17/h5-6,10-11,13-14,16-17,20H,3-4,7-9,12,15H2,1-2H3. The van der Waals surface area contributed by atoms with E-state index in [2.05, 4.69) is 23.7 Å². The van der Waals surface area contributed by atoms with Crippen LogP contribution in [-0.2, 0) is 0 Å². The Morgan fingerprint density at radius 2 is 1.80 bits per heavy atom. The van der Waals surface area contributed by atoms with Gasteiger partial charge in [-0.25, -0.2) is 15.0 Å². The molecule has 2 aliphatic rings. The van der Waals surface area contributed by atoms with Gasteiger partial charge in [0.25, 0.3) is 5.56 Å². The van der Waals surface area contributed by atoms with Gasteiger partial charge in [0.1, 0.15) is 17.5 Å². The minimum atomic E-state index is 0.0674. The minimum absolute atomic E-state index is 0.0674. The van der Waals surface area contributed by atoms with Crippen molar-refractivity contribution >= 4 is 16.7 Å². The first-order valence-electron chi connectivity index (χ1n) is 11.2. The predicted octanol–water partition coefficient (Wildman–Crippen LogP) is 4.77. The van der Waals surface area contributed by atoms with E-state index in [0.29, 0.717) is 0 Å². The predicted molar refractivity (Wildman–Crippen MR) is 119 cm³/mol. The number of rotatable bonds is 4. The van der Waals surface area contributed by atoms with Crippen molar-refractivity contribution in [1.82, 2.24) is 19.5 Å². The molecule has 1 aliphatic carbocycles. The zero-order chi connectivity index (χ0) is 20.7. The SMILES string of the molecule is CC(C)c1nccc(N2CCCC2c2nc3ccccc3c(=O)n2C2CCCC2)n1. The third kappa shape index (κ3) is 3.28. The van der Waals surface area contributed by atoms with E-state index in [0.717, 1.165) is 60.6 Å². The summed E-state index contributed by atoms with van der Waals surface area (Å²) in [6, 6.07) is 10.1. The molecule has 0 amide bonds. The summed E-state index contributed by atoms with van der Waals surface area (Å²) in [4.78, 5) is 30.2. The summed E-state index contributed by atoms with van der Waals surface area (Å²) in [6.45, 7) is 5.15. The lowest BCUT2D eigenvalue weighted by molar-refractivity contribution is 0.454. The van der Waals surface area contributed by atoms with Crippen molar-refractivity contribution in [3.63, 3.8) is 0 Å². The van der Waals surface area contributed by atoms with E-state index in [-0.39, 0.29) is 23.6 Å². The van der Waals surface area contributed by atoms with Crippen LogP contribution in [0, 0.1) is 0 Å². The summed E-state index contributed by atoms with van der Waals surface area (Å²) in [6.07, 6.45) is 8.39. The highest BCUT2D eigenvalue weighted by atomic mass is 16.1. The van der Waals surface area contributed by atoms with Gasteiger partial charge in [0.05, 0.1) is 16.9 Å². The first-order valence-corrected chi connectivity index (χ1v) is 11.2. The molecule has 0 radical (unpaired) electrons. The fourth-order valence-corrected chi connectivity index (χ4v) is 5.02. The summed E-state index contributed by atoms with van der Waals surface area (Å²) in [5.74, 6) is 2.99. The third-order valence-electron chi connectivity index (χ3n) is 6.55. The molecule has 1 unspecified atom stereocenters. The Kier molecular flexibility index (Phi) is 5.01. The van der Waals surface area contributed by atoms with Crippen molar-refractivity contribution < 1.29 is 0 Å². The Labute approximate surface area is 177 Å². The van der Waals surface area contributed by atoms with E-state index in [1.807, 2.05) is 41.1 Å². The van der Waals surface area contributed by atoms with Gasteiger partial charge in [-0.15, -0.1) is 0 Å². The number of hydrogen-bond acceptors (Lipinski definition) is 5. The Bertz CT molecular complexity index is 1120. The van der Waals surface area contributed by atoms with Crippen LogP contribution in [0.4, 0.5) is 5.82 Å². The maximum absolute atomic E-state index is 13.6. The zero-order valence-corrected chi connectivity index (χ0v) is 17.8. The van der Waals surface area contributed by atoms with Gasteiger partial charge in [0, 0.05) is 24.7 Å². The molecule has 1 aliphatic heterocycles. The second-order valence-electron chi connectivity index (χ2n) is 8.88. The molecule has 5 rings (SSSR count). The molecule has 3 aromatic rings. The van der Waals surface area contributed by atoms with Crippen LogP contribution in [0.25, 0.3) is 10.9 Å². The number of benzene rings is 1. The monoisotopic (exact) mass is 403 g/mol. The molecule has 30 heavy (non-hydrogen) atoms. The molecule has 6 heteroatoms. The van der Waals surface area contributed by atoms with Gasteiger partial charge in [0.2, 0.25) is 0 Å². The minimum Gasteiger partial charge on any atom is -0.346 e. The number of nitrogens with zero attached hydrogens (tertiary/aromatic N) is 5. The van der Waals surface area contributed by atoms with E-state index in [1.165, 1.54) is 12.8 Å². The third-order valence-corrected chi connectivity index (χ3v) is 6.55. The highest BCUT2D eigenvalue weighted by Crippen LogP contribution is 2.38. The van der Waals surface area contributed by atoms with E-state index in [4.69, 9.17) is 9.97 Å². The Morgan fingerprint density at radius 1 is 1.00 bits per heavy atom. The average molecular weight is 404 g/mol. The molecular formula is C24H29N5O. The molecule has 2 aromatic heterocycles. The number of aromatic nitrogens is 4. The van der Waals surface area contributed by atoms with Gasteiger partial charge in [-0.05, 0) is 43.9 Å². The van der Waals surface area contributed by atoms with Gasteiger partial charge < -0.3 is 4.90 Å². The molecule has 0 N–H and O–H groups in total. The Balaban J connectivity index is 1.65. The highest BCUT2D eigenvalue weighted by Gasteiger charge is 2.34. The van der Waals surface area contributed by atoms with Crippen molar-refractivity contribution in [2.45, 2.75) is 70.4 Å². The first kappa shape index (κ1) is 19.2. The summed E-state index contributed by atoms with van der Waals surface area (Å²) in [5, 5.41) is 0.724. The number of anilines is 1. The van der Waals surface area contributed by atoms with Crippen LogP contribution < -0.4 is 10.5 Å². The van der Waals surface area contributed by atoms with Crippen LogP contribution in [0.5, 0.6) is 0 Å². The van der Waals surface area contributed by atoms with Crippen LogP contribution in [0.1, 0.15) is 82.0 Å². The number of fused-ring (bicyclic) bond motifs is 1. The lowest BCUT2D eigenvalue weighted by Gasteiger charge is -2.29. The topological polar surface area (TPSA) is 63.9 Å². The molecule has 1 atom stereocenters. The van der Waals surface area contributed by atoms with Crippen LogP contribution in [0.2, 0.25) is 0 Å². The summed E-state index contributed by atoms with van der Waals surface area (Å²) < 4.78 is 2.03. The average Bonchev–Trinajstić information content (AvgIpc) is 3.46. The van der Waals surface area contributed by atoms with Crippen molar-refractivity contribution in [3.05, 3.63) is 58.5 Å². The van der Waals surface area contributed by atoms with Crippen LogP contribution in [0.3, 0.4) is 0 Å². The lowest BCUT2D eigenvalue weighted by atomic mass is 10.1. The van der Waals surface area contributed by atoms with E-state index in [9.17, 15) is 4.79 Å². The van der Waals surface area contributed by atoms with Crippen LogP contribution in [0.15, 0.2) is 41.3 Å². The molecule has 1 saturated carbocycles. The summed E-state index contributed by atoms with van der Waals surface area (Å²) in [7, 11) is 0. The maximum atomic E-state index is 13.6. The van der Waals surface area contributed by atoms with Crippen molar-refractivity contribution in [2.75, 3.05) is 11.4 Å². The van der Waals surface area contributed by atoms with Crippen LogP contribution >= 0.6 is 0 Å². The second kappa shape index (κ2) is 7.82. The van der Waals surface area contributed by atoms with Crippen molar-refractivity contribution in [2.24, 2.45) is 0 Å². The lowest BCUT2D eigenvalue weighted by Crippen LogP contribution is -2.34. The molecule has 1 aromatic carbocycles. The van der Waals surface area contributed by atoms with Gasteiger partial charge >= 0.3 is 0 Å². The van der Waals surface area contributed by atoms with Crippen LogP contribution in [-0.4, -0.2) is 26.1 Å². The van der Waals surface area contributed by atoms with Gasteiger partial charge in [-0.2, -0.15) is 0 Å². The molecule has 0 bridgehead atoms. The van der Waals surface area contributed by atoms with E-state index < -0.39 is 0 Å². The number of hydrogen-bond donors (Lipinski definition) is 0. The molecule has 0 spiro atoms. The smallest absolute Gasteiger partial charge is 0.261 e. The Morgan fingerprint density at radius 3 is 2.60 bits per heavy atom. The normalized spacial score (nSPS) is 20.0. The van der Waals surface area contributed by atoms with Gasteiger partial charge in [-0.1, -0.05) is 38.8 Å². The molecule has 3 heterocycles. The van der Waals surface area contributed by atoms with E-state index in [1.54, 1.807) is 0 Å².